The fraction of sp³-hybridized carbons (Fsp3) is 0.0189. The fourth-order valence-corrected chi connectivity index (χ4v) is 9.61. The summed E-state index contributed by atoms with van der Waals surface area (Å²) in [5.41, 5.74) is 12.0. The predicted molar refractivity (Wildman–Crippen MR) is 238 cm³/mol. The first-order valence-corrected chi connectivity index (χ1v) is 19.8. The molecule has 0 unspecified atom stereocenters. The molecule has 0 saturated heterocycles. The number of para-hydroxylation sites is 3. The Labute approximate surface area is 332 Å². The van der Waals surface area contributed by atoms with Crippen LogP contribution in [0.15, 0.2) is 176 Å². The third-order valence-electron chi connectivity index (χ3n) is 12.2. The molecule has 0 saturated carbocycles. The maximum Gasteiger partial charge on any atom is 0.166 e. The summed E-state index contributed by atoms with van der Waals surface area (Å²) in [6.07, 6.45) is 0.887. The molecule has 0 radical (unpaired) electrons. The van der Waals surface area contributed by atoms with E-state index in [0.29, 0.717) is 17.5 Å². The van der Waals surface area contributed by atoms with E-state index in [9.17, 15) is 0 Å². The van der Waals surface area contributed by atoms with Gasteiger partial charge in [0.1, 0.15) is 5.65 Å². The van der Waals surface area contributed by atoms with E-state index in [2.05, 4.69) is 180 Å². The Hall–Kier alpha value is -7.76. The van der Waals surface area contributed by atoms with Gasteiger partial charge in [0.25, 0.3) is 0 Å². The largest absolute Gasteiger partial charge is 0.291 e. The van der Waals surface area contributed by atoms with Gasteiger partial charge < -0.3 is 0 Å². The minimum atomic E-state index is 0.618. The molecule has 268 valence electrons. The lowest BCUT2D eigenvalue weighted by Crippen LogP contribution is -2.02. The number of pyridine rings is 1. The van der Waals surface area contributed by atoms with Crippen molar-refractivity contribution in [1.82, 2.24) is 24.3 Å². The Morgan fingerprint density at radius 2 is 0.879 bits per heavy atom. The Morgan fingerprint density at radius 1 is 0.345 bits per heavy atom. The molecule has 9 aromatic carbocycles. The van der Waals surface area contributed by atoms with Crippen LogP contribution in [0.5, 0.6) is 0 Å². The van der Waals surface area contributed by atoms with Gasteiger partial charge in [-0.1, -0.05) is 146 Å². The van der Waals surface area contributed by atoms with Gasteiger partial charge in [0.15, 0.2) is 17.5 Å². The van der Waals surface area contributed by atoms with Crippen molar-refractivity contribution in [3.8, 4) is 45.3 Å². The second-order valence-corrected chi connectivity index (χ2v) is 15.4. The number of benzene rings is 9. The quantitative estimate of drug-likeness (QED) is 0.169. The van der Waals surface area contributed by atoms with Crippen LogP contribution < -0.4 is 0 Å². The average molecular weight is 738 g/mol. The monoisotopic (exact) mass is 737 g/mol. The lowest BCUT2D eigenvalue weighted by atomic mass is 9.93. The molecule has 5 heteroatoms. The maximum atomic E-state index is 5.40. The molecule has 0 aliphatic heterocycles. The molecule has 12 aromatic rings. The van der Waals surface area contributed by atoms with E-state index in [4.69, 9.17) is 19.9 Å². The van der Waals surface area contributed by atoms with Crippen molar-refractivity contribution < 1.29 is 0 Å². The molecule has 0 N–H and O–H groups in total. The Morgan fingerprint density at radius 3 is 1.66 bits per heavy atom. The van der Waals surface area contributed by atoms with Crippen LogP contribution in [0, 0.1) is 0 Å². The molecule has 0 atom stereocenters. The summed E-state index contributed by atoms with van der Waals surface area (Å²) in [6.45, 7) is 0. The van der Waals surface area contributed by atoms with Crippen LogP contribution in [0.25, 0.3) is 116 Å². The van der Waals surface area contributed by atoms with E-state index in [0.717, 1.165) is 61.5 Å². The SMILES string of the molecule is c1ccc2c(c1)Cc1cc(-c3nc(-c4ccc5c6ccccc6c6ccccc6c5c4)nc(-c4cccc5c6ccccc6c6nc7ccccc7n6c45)n3)ccc1-2. The van der Waals surface area contributed by atoms with Crippen LogP contribution in [0.1, 0.15) is 11.1 Å². The van der Waals surface area contributed by atoms with E-state index < -0.39 is 0 Å². The van der Waals surface area contributed by atoms with Crippen LogP contribution in [-0.4, -0.2) is 24.3 Å². The van der Waals surface area contributed by atoms with E-state index in [1.807, 2.05) is 0 Å². The molecule has 3 heterocycles. The number of aromatic nitrogens is 5. The Balaban J connectivity index is 1.11. The molecule has 0 fully saturated rings. The molecule has 0 amide bonds. The summed E-state index contributed by atoms with van der Waals surface area (Å²) >= 11 is 0. The summed E-state index contributed by atoms with van der Waals surface area (Å²) in [7, 11) is 0. The zero-order chi connectivity index (χ0) is 37.9. The molecule has 3 aromatic heterocycles. The van der Waals surface area contributed by atoms with Gasteiger partial charge in [-0.2, -0.15) is 0 Å². The highest BCUT2D eigenvalue weighted by molar-refractivity contribution is 6.25. The first kappa shape index (κ1) is 31.4. The third kappa shape index (κ3) is 4.47. The van der Waals surface area contributed by atoms with Gasteiger partial charge >= 0.3 is 0 Å². The number of nitrogens with zero attached hydrogens (tertiary/aromatic N) is 5. The van der Waals surface area contributed by atoms with E-state index >= 15 is 0 Å². The second-order valence-electron chi connectivity index (χ2n) is 15.4. The molecule has 13 rings (SSSR count). The fourth-order valence-electron chi connectivity index (χ4n) is 9.61. The first-order valence-electron chi connectivity index (χ1n) is 19.8. The van der Waals surface area contributed by atoms with E-state index in [1.54, 1.807) is 0 Å². The summed E-state index contributed by atoms with van der Waals surface area (Å²) < 4.78 is 2.30. The van der Waals surface area contributed by atoms with Crippen LogP contribution in [0.4, 0.5) is 0 Å². The van der Waals surface area contributed by atoms with Gasteiger partial charge in [0.05, 0.1) is 16.6 Å². The lowest BCUT2D eigenvalue weighted by Gasteiger charge is -2.15. The molecular weight excluding hydrogens is 707 g/mol. The van der Waals surface area contributed by atoms with Crippen molar-refractivity contribution in [1.29, 1.82) is 0 Å². The molecule has 0 spiro atoms. The summed E-state index contributed by atoms with van der Waals surface area (Å²) in [4.78, 5) is 21.3. The smallest absolute Gasteiger partial charge is 0.166 e. The van der Waals surface area contributed by atoms with Crippen molar-refractivity contribution in [2.24, 2.45) is 0 Å². The number of rotatable bonds is 3. The highest BCUT2D eigenvalue weighted by Gasteiger charge is 2.23. The van der Waals surface area contributed by atoms with Crippen molar-refractivity contribution in [2.75, 3.05) is 0 Å². The number of fused-ring (bicyclic) bond motifs is 17. The molecular formula is C53H31N5. The van der Waals surface area contributed by atoms with Crippen molar-refractivity contribution >= 4 is 70.7 Å². The first-order chi connectivity index (χ1) is 28.7. The number of imidazole rings is 1. The summed E-state index contributed by atoms with van der Waals surface area (Å²) in [5.74, 6) is 1.89. The number of hydrogen-bond donors (Lipinski definition) is 0. The Bertz CT molecular complexity index is 3690. The van der Waals surface area contributed by atoms with E-state index in [-0.39, 0.29) is 0 Å². The van der Waals surface area contributed by atoms with Crippen LogP contribution >= 0.6 is 0 Å². The van der Waals surface area contributed by atoms with Gasteiger partial charge in [-0.25, -0.2) is 19.9 Å². The van der Waals surface area contributed by atoms with Crippen LogP contribution in [0.3, 0.4) is 0 Å². The lowest BCUT2D eigenvalue weighted by molar-refractivity contribution is 1.07. The van der Waals surface area contributed by atoms with Crippen molar-refractivity contribution in [3.05, 3.63) is 187 Å². The van der Waals surface area contributed by atoms with Gasteiger partial charge in [0, 0.05) is 27.5 Å². The second kappa shape index (κ2) is 11.9. The zero-order valence-electron chi connectivity index (χ0n) is 31.2. The zero-order valence-corrected chi connectivity index (χ0v) is 31.2. The average Bonchev–Trinajstić information content (AvgIpc) is 3.87. The van der Waals surface area contributed by atoms with Gasteiger partial charge in [0.2, 0.25) is 0 Å². The van der Waals surface area contributed by atoms with Crippen LogP contribution in [0.2, 0.25) is 0 Å². The van der Waals surface area contributed by atoms with Crippen LogP contribution in [-0.2, 0) is 6.42 Å². The molecule has 1 aliphatic rings. The third-order valence-corrected chi connectivity index (χ3v) is 12.2. The van der Waals surface area contributed by atoms with E-state index in [1.165, 1.54) is 54.6 Å². The number of hydrogen-bond acceptors (Lipinski definition) is 4. The Kier molecular flexibility index (Phi) is 6.44. The molecule has 1 aliphatic carbocycles. The maximum absolute atomic E-state index is 5.40. The van der Waals surface area contributed by atoms with Crippen molar-refractivity contribution in [3.63, 3.8) is 0 Å². The minimum absolute atomic E-state index is 0.618. The molecule has 0 bridgehead atoms. The standard InChI is InChI=1S/C53H31N5/c1-2-13-35-31(12-1)28-34-29-32(24-26-36(34)35)50-55-51(33-25-27-42-39-16-4-3-14-37(39)38-15-5-6-17-40(38)46(42)30-33)57-52(56-50)45-21-11-20-43-41-18-7-8-19-44(41)53-54-47-22-9-10-23-48(47)58(53)49(43)45/h1-27,29-30H,28H2. The molecule has 58 heavy (non-hydrogen) atoms. The highest BCUT2D eigenvalue weighted by atomic mass is 15.1. The summed E-state index contributed by atoms with van der Waals surface area (Å²) in [5, 5.41) is 10.7. The van der Waals surface area contributed by atoms with Crippen molar-refractivity contribution in [2.45, 2.75) is 6.42 Å². The predicted octanol–water partition coefficient (Wildman–Crippen LogP) is 13.0. The summed E-state index contributed by atoms with van der Waals surface area (Å²) in [6, 6.07) is 62.8. The highest BCUT2D eigenvalue weighted by Crippen LogP contribution is 2.41. The van der Waals surface area contributed by atoms with Gasteiger partial charge in [-0.3, -0.25) is 4.40 Å². The van der Waals surface area contributed by atoms with Gasteiger partial charge in [-0.05, 0) is 96.7 Å². The normalized spacial score (nSPS) is 12.4. The molecule has 5 nitrogen and oxygen atoms in total. The van der Waals surface area contributed by atoms with Gasteiger partial charge in [-0.15, -0.1) is 0 Å². The topological polar surface area (TPSA) is 56.0 Å². The minimum Gasteiger partial charge on any atom is -0.291 e.